The zero-order chi connectivity index (χ0) is 19.5. The van der Waals surface area contributed by atoms with Crippen LogP contribution in [0.2, 0.25) is 0 Å². The SMILES string of the molecule is CCCCCCCCCCCCCC(CC1(C)CCCC1(C)C)C(C)=O. The predicted molar refractivity (Wildman–Crippen MR) is 116 cm³/mol. The maximum Gasteiger partial charge on any atom is 0.132 e. The van der Waals surface area contributed by atoms with Crippen molar-refractivity contribution in [3.63, 3.8) is 0 Å². The van der Waals surface area contributed by atoms with Crippen LogP contribution in [0.5, 0.6) is 0 Å². The molecule has 154 valence electrons. The van der Waals surface area contributed by atoms with Crippen LogP contribution in [0.4, 0.5) is 0 Å². The first-order valence-electron chi connectivity index (χ1n) is 11.8. The van der Waals surface area contributed by atoms with Gasteiger partial charge in [-0.15, -0.1) is 0 Å². The van der Waals surface area contributed by atoms with Crippen LogP contribution in [0.3, 0.4) is 0 Å². The topological polar surface area (TPSA) is 17.1 Å². The maximum absolute atomic E-state index is 12.2. The van der Waals surface area contributed by atoms with Crippen LogP contribution in [-0.2, 0) is 4.79 Å². The van der Waals surface area contributed by atoms with E-state index in [0.29, 0.717) is 22.5 Å². The van der Waals surface area contributed by atoms with Crippen LogP contribution < -0.4 is 0 Å². The van der Waals surface area contributed by atoms with Gasteiger partial charge in [-0.1, -0.05) is 105 Å². The molecule has 1 nitrogen and oxygen atoms in total. The molecule has 0 aromatic heterocycles. The van der Waals surface area contributed by atoms with E-state index in [0.717, 1.165) is 12.8 Å². The number of unbranched alkanes of at least 4 members (excludes halogenated alkanes) is 10. The molecule has 1 saturated carbocycles. The Kier molecular flexibility index (Phi) is 11.1. The summed E-state index contributed by atoms with van der Waals surface area (Å²) in [7, 11) is 0. The zero-order valence-electron chi connectivity index (χ0n) is 18.8. The van der Waals surface area contributed by atoms with Gasteiger partial charge in [0.05, 0.1) is 0 Å². The third-order valence-corrected chi connectivity index (χ3v) is 7.59. The first kappa shape index (κ1) is 23.7. The summed E-state index contributed by atoms with van der Waals surface area (Å²) in [5.41, 5.74) is 0.763. The van der Waals surface area contributed by atoms with E-state index in [1.807, 2.05) is 6.92 Å². The van der Waals surface area contributed by atoms with Crippen molar-refractivity contribution in [2.75, 3.05) is 0 Å². The van der Waals surface area contributed by atoms with Crippen molar-refractivity contribution in [1.29, 1.82) is 0 Å². The van der Waals surface area contributed by atoms with E-state index in [9.17, 15) is 4.79 Å². The molecule has 0 spiro atoms. The Morgan fingerprint density at radius 3 is 1.73 bits per heavy atom. The van der Waals surface area contributed by atoms with Gasteiger partial charge in [-0.05, 0) is 43.4 Å². The predicted octanol–water partition coefficient (Wildman–Crippen LogP) is 8.50. The van der Waals surface area contributed by atoms with Crippen LogP contribution in [-0.4, -0.2) is 5.78 Å². The normalized spacial score (nSPS) is 23.3. The van der Waals surface area contributed by atoms with Gasteiger partial charge in [-0.2, -0.15) is 0 Å². The van der Waals surface area contributed by atoms with Crippen molar-refractivity contribution in [2.45, 2.75) is 137 Å². The van der Waals surface area contributed by atoms with Gasteiger partial charge in [0.1, 0.15) is 5.78 Å². The maximum atomic E-state index is 12.2. The zero-order valence-corrected chi connectivity index (χ0v) is 18.8. The minimum atomic E-state index is 0.302. The fourth-order valence-electron chi connectivity index (χ4n) is 4.99. The Morgan fingerprint density at radius 2 is 1.31 bits per heavy atom. The summed E-state index contributed by atoms with van der Waals surface area (Å²) in [6.45, 7) is 11.4. The number of ketones is 1. The summed E-state index contributed by atoms with van der Waals surface area (Å²) >= 11 is 0. The van der Waals surface area contributed by atoms with Crippen LogP contribution in [0.1, 0.15) is 137 Å². The smallest absolute Gasteiger partial charge is 0.132 e. The average molecular weight is 365 g/mol. The van der Waals surface area contributed by atoms with Crippen LogP contribution in [0.25, 0.3) is 0 Å². The number of hydrogen-bond donors (Lipinski definition) is 0. The Labute approximate surface area is 165 Å². The van der Waals surface area contributed by atoms with E-state index < -0.39 is 0 Å². The van der Waals surface area contributed by atoms with Crippen LogP contribution >= 0.6 is 0 Å². The molecule has 0 heterocycles. The molecular weight excluding hydrogens is 316 g/mol. The molecule has 0 radical (unpaired) electrons. The van der Waals surface area contributed by atoms with Crippen LogP contribution in [0.15, 0.2) is 0 Å². The Balaban J connectivity index is 2.14. The largest absolute Gasteiger partial charge is 0.300 e. The number of rotatable bonds is 15. The number of hydrogen-bond acceptors (Lipinski definition) is 1. The molecule has 0 N–H and O–H groups in total. The second-order valence-electron chi connectivity index (χ2n) is 10.1. The first-order valence-corrected chi connectivity index (χ1v) is 11.8. The molecule has 26 heavy (non-hydrogen) atoms. The molecule has 1 aliphatic rings. The summed E-state index contributed by atoms with van der Waals surface area (Å²) < 4.78 is 0. The van der Waals surface area contributed by atoms with Gasteiger partial charge in [0, 0.05) is 5.92 Å². The molecule has 0 amide bonds. The fraction of sp³-hybridized carbons (Fsp3) is 0.960. The summed E-state index contributed by atoms with van der Waals surface area (Å²) in [5, 5.41) is 0. The van der Waals surface area contributed by atoms with E-state index in [-0.39, 0.29) is 0 Å². The van der Waals surface area contributed by atoms with Crippen molar-refractivity contribution >= 4 is 5.78 Å². The van der Waals surface area contributed by atoms with Gasteiger partial charge in [-0.25, -0.2) is 0 Å². The van der Waals surface area contributed by atoms with E-state index in [2.05, 4.69) is 27.7 Å². The van der Waals surface area contributed by atoms with Crippen LogP contribution in [0, 0.1) is 16.7 Å². The van der Waals surface area contributed by atoms with Crippen molar-refractivity contribution in [1.82, 2.24) is 0 Å². The highest BCUT2D eigenvalue weighted by molar-refractivity contribution is 5.78. The lowest BCUT2D eigenvalue weighted by Crippen LogP contribution is -2.33. The molecule has 1 aliphatic carbocycles. The van der Waals surface area contributed by atoms with E-state index in [1.54, 1.807) is 0 Å². The number of carbonyl (C=O) groups excluding carboxylic acids is 1. The molecule has 1 rings (SSSR count). The summed E-state index contributed by atoms with van der Waals surface area (Å²) in [6.07, 6.45) is 21.4. The van der Waals surface area contributed by atoms with Gasteiger partial charge in [0.2, 0.25) is 0 Å². The molecule has 1 fully saturated rings. The third-order valence-electron chi connectivity index (χ3n) is 7.59. The average Bonchev–Trinajstić information content (AvgIpc) is 2.84. The van der Waals surface area contributed by atoms with E-state index in [1.165, 1.54) is 89.9 Å². The summed E-state index contributed by atoms with van der Waals surface area (Å²) in [5.74, 6) is 0.733. The molecule has 2 unspecified atom stereocenters. The van der Waals surface area contributed by atoms with Gasteiger partial charge in [-0.3, -0.25) is 4.79 Å². The van der Waals surface area contributed by atoms with Crippen molar-refractivity contribution in [3.05, 3.63) is 0 Å². The minimum Gasteiger partial charge on any atom is -0.300 e. The van der Waals surface area contributed by atoms with Gasteiger partial charge >= 0.3 is 0 Å². The number of Topliss-reactive ketones (excluding diaryl/α,β-unsaturated/α-hetero) is 1. The lowest BCUT2D eigenvalue weighted by atomic mass is 9.64. The van der Waals surface area contributed by atoms with Gasteiger partial charge in [0.25, 0.3) is 0 Å². The first-order chi connectivity index (χ1) is 12.3. The van der Waals surface area contributed by atoms with Gasteiger partial charge in [0.15, 0.2) is 0 Å². The standard InChI is InChI=1S/C25H48O/c1-6-7-8-9-10-11-12-13-14-15-16-18-23(22(2)26)21-25(5)20-17-19-24(25,3)4/h23H,6-21H2,1-5H3. The Morgan fingerprint density at radius 1 is 0.808 bits per heavy atom. The lowest BCUT2D eigenvalue weighted by molar-refractivity contribution is -0.122. The molecule has 2 atom stereocenters. The van der Waals surface area contributed by atoms with Crippen molar-refractivity contribution in [2.24, 2.45) is 16.7 Å². The highest BCUT2D eigenvalue weighted by Gasteiger charge is 2.46. The Hall–Kier alpha value is -0.330. The molecule has 0 aromatic rings. The molecule has 0 bridgehead atoms. The quantitative estimate of drug-likeness (QED) is 0.266. The third kappa shape index (κ3) is 8.13. The fourth-order valence-corrected chi connectivity index (χ4v) is 4.99. The van der Waals surface area contributed by atoms with E-state index in [4.69, 9.17) is 0 Å². The Bertz CT molecular complexity index is 384. The van der Waals surface area contributed by atoms with Crippen molar-refractivity contribution < 1.29 is 4.79 Å². The molecular formula is C25H48O. The highest BCUT2D eigenvalue weighted by Crippen LogP contribution is 2.55. The monoisotopic (exact) mass is 364 g/mol. The molecule has 1 heteroatoms. The molecule has 0 aliphatic heterocycles. The summed E-state index contributed by atoms with van der Waals surface area (Å²) in [4.78, 5) is 12.2. The second kappa shape index (κ2) is 12.2. The lowest BCUT2D eigenvalue weighted by Gasteiger charge is -2.40. The van der Waals surface area contributed by atoms with Gasteiger partial charge < -0.3 is 0 Å². The second-order valence-corrected chi connectivity index (χ2v) is 10.1. The summed E-state index contributed by atoms with van der Waals surface area (Å²) in [6, 6.07) is 0. The molecule has 0 saturated heterocycles. The van der Waals surface area contributed by atoms with Crippen molar-refractivity contribution in [3.8, 4) is 0 Å². The molecule has 0 aromatic carbocycles. The highest BCUT2D eigenvalue weighted by atomic mass is 16.1. The number of carbonyl (C=O) groups is 1. The van der Waals surface area contributed by atoms with E-state index >= 15 is 0 Å². The minimum absolute atomic E-state index is 0.302.